The molecule has 7 nitrogen and oxygen atoms in total. The summed E-state index contributed by atoms with van der Waals surface area (Å²) in [4.78, 5) is 43.7. The number of rotatable bonds is 9. The zero-order valence-electron chi connectivity index (χ0n) is 33.9. The molecule has 1 aliphatic heterocycles. The maximum Gasteiger partial charge on any atom is 0.309 e. The average Bonchev–Trinajstić information content (AvgIpc) is 3.42. The maximum atomic E-state index is 14.2. The van der Waals surface area contributed by atoms with Crippen molar-refractivity contribution < 1.29 is 24.2 Å². The fourth-order valence-corrected chi connectivity index (χ4v) is 14.4. The molecule has 0 aromatic rings. The van der Waals surface area contributed by atoms with E-state index in [9.17, 15) is 19.5 Å². The van der Waals surface area contributed by atoms with Gasteiger partial charge in [-0.25, -0.2) is 0 Å². The number of carbonyl (C=O) groups is 3. The van der Waals surface area contributed by atoms with Gasteiger partial charge in [0, 0.05) is 38.0 Å². The lowest BCUT2D eigenvalue weighted by molar-refractivity contribution is -0.250. The van der Waals surface area contributed by atoms with Gasteiger partial charge >= 0.3 is 11.9 Å². The van der Waals surface area contributed by atoms with E-state index in [4.69, 9.17) is 4.74 Å². The maximum absolute atomic E-state index is 14.2. The highest BCUT2D eigenvalue weighted by molar-refractivity contribution is 5.81. The van der Waals surface area contributed by atoms with Gasteiger partial charge in [-0.05, 0) is 149 Å². The van der Waals surface area contributed by atoms with Crippen LogP contribution in [0.3, 0.4) is 0 Å². The van der Waals surface area contributed by atoms with Crippen molar-refractivity contribution in [3.63, 3.8) is 0 Å². The van der Waals surface area contributed by atoms with Crippen molar-refractivity contribution in [3.8, 4) is 0 Å². The van der Waals surface area contributed by atoms with Crippen LogP contribution < -0.4 is 0 Å². The zero-order chi connectivity index (χ0) is 37.4. The molecular weight excluding hydrogens is 636 g/mol. The number of carboxylic acids is 1. The van der Waals surface area contributed by atoms with E-state index in [-0.39, 0.29) is 45.6 Å². The molecule has 10 atom stereocenters. The number of carboxylic acid groups (broad SMARTS) is 1. The fraction of sp³-hybridized carbons (Fsp3) is 0.886. The van der Waals surface area contributed by atoms with E-state index >= 15 is 0 Å². The van der Waals surface area contributed by atoms with Gasteiger partial charge in [-0.2, -0.15) is 0 Å². The fourth-order valence-electron chi connectivity index (χ4n) is 14.4. The van der Waals surface area contributed by atoms with Crippen molar-refractivity contribution in [1.82, 2.24) is 9.80 Å². The van der Waals surface area contributed by atoms with E-state index in [0.717, 1.165) is 64.8 Å². The van der Waals surface area contributed by atoms with Crippen molar-refractivity contribution in [2.75, 3.05) is 32.7 Å². The van der Waals surface area contributed by atoms with Crippen LogP contribution >= 0.6 is 0 Å². The molecule has 0 aromatic heterocycles. The first kappa shape index (κ1) is 38.8. The van der Waals surface area contributed by atoms with E-state index < -0.39 is 11.4 Å². The highest BCUT2D eigenvalue weighted by Gasteiger charge is 2.71. The van der Waals surface area contributed by atoms with E-state index in [2.05, 4.69) is 64.8 Å². The standard InChI is InChI=1S/C44H72N2O5/c1-11-22-45-23-25-46(26-24-45)35(47)27-44-19-14-30(29(2)3)37(44)31-12-13-33-41(8)17-16-34(51-36(48)28-39(4,5)38(49)50)40(6,7)32(41)15-18-43(33,10)42(31,9)20-21-44/h30-34,37H,2,11-28H2,1,3-10H3,(H,49,50)/t30-,31+,32-,33+,34-,37+,41-,42+,43+,44+/m0/s1. The summed E-state index contributed by atoms with van der Waals surface area (Å²) in [5, 5.41) is 9.62. The molecule has 6 rings (SSSR count). The number of allylic oxidation sites excluding steroid dienone is 1. The first-order valence-electron chi connectivity index (χ1n) is 20.8. The van der Waals surface area contributed by atoms with Gasteiger partial charge in [-0.15, -0.1) is 0 Å². The van der Waals surface area contributed by atoms with Crippen LogP contribution in [0.2, 0.25) is 0 Å². The first-order valence-corrected chi connectivity index (χ1v) is 20.8. The average molecular weight is 709 g/mol. The second kappa shape index (κ2) is 13.4. The molecule has 1 heterocycles. The van der Waals surface area contributed by atoms with E-state index in [1.54, 1.807) is 13.8 Å². The highest BCUT2D eigenvalue weighted by Crippen LogP contribution is 2.78. The lowest BCUT2D eigenvalue weighted by Gasteiger charge is -2.73. The lowest BCUT2D eigenvalue weighted by atomic mass is 9.32. The molecule has 0 spiro atoms. The number of hydrogen-bond acceptors (Lipinski definition) is 5. The number of esters is 1. The van der Waals surface area contributed by atoms with Gasteiger partial charge in [0.05, 0.1) is 11.8 Å². The summed E-state index contributed by atoms with van der Waals surface area (Å²) in [7, 11) is 0. The minimum Gasteiger partial charge on any atom is -0.481 e. The molecule has 7 heteroatoms. The summed E-state index contributed by atoms with van der Waals surface area (Å²) in [6, 6.07) is 0. The second-order valence-electron chi connectivity index (χ2n) is 20.7. The van der Waals surface area contributed by atoms with Crippen molar-refractivity contribution >= 4 is 17.8 Å². The van der Waals surface area contributed by atoms with Crippen LogP contribution in [0.1, 0.15) is 146 Å². The third-order valence-electron chi connectivity index (χ3n) is 17.4. The number of amides is 1. The van der Waals surface area contributed by atoms with Gasteiger partial charge in [0.25, 0.3) is 0 Å². The van der Waals surface area contributed by atoms with Crippen LogP contribution in [-0.2, 0) is 19.1 Å². The van der Waals surface area contributed by atoms with Gasteiger partial charge in [0.1, 0.15) is 6.10 Å². The Morgan fingerprint density at radius 3 is 2.16 bits per heavy atom. The summed E-state index contributed by atoms with van der Waals surface area (Å²) in [6.07, 6.45) is 13.0. The quantitative estimate of drug-likeness (QED) is 0.190. The molecule has 0 unspecified atom stereocenters. The molecule has 5 aliphatic carbocycles. The van der Waals surface area contributed by atoms with Gasteiger partial charge in [-0.1, -0.05) is 53.7 Å². The monoisotopic (exact) mass is 709 g/mol. The number of piperazine rings is 1. The Morgan fingerprint density at radius 1 is 0.843 bits per heavy atom. The molecule has 6 fully saturated rings. The molecule has 1 saturated heterocycles. The Bertz CT molecular complexity index is 1380. The molecule has 0 bridgehead atoms. The Hall–Kier alpha value is -1.89. The van der Waals surface area contributed by atoms with Gasteiger partial charge in [-0.3, -0.25) is 19.3 Å². The zero-order valence-corrected chi connectivity index (χ0v) is 33.9. The topological polar surface area (TPSA) is 87.2 Å². The highest BCUT2D eigenvalue weighted by atomic mass is 16.5. The smallest absolute Gasteiger partial charge is 0.309 e. The summed E-state index contributed by atoms with van der Waals surface area (Å²) < 4.78 is 6.19. The molecule has 288 valence electrons. The number of aliphatic carboxylic acids is 1. The Morgan fingerprint density at radius 2 is 1.53 bits per heavy atom. The third kappa shape index (κ3) is 6.23. The van der Waals surface area contributed by atoms with Gasteiger partial charge < -0.3 is 14.7 Å². The predicted molar refractivity (Wildman–Crippen MR) is 203 cm³/mol. The number of nitrogens with zero attached hydrogens (tertiary/aromatic N) is 2. The summed E-state index contributed by atoms with van der Waals surface area (Å²) in [5.74, 6) is 1.74. The number of carbonyl (C=O) groups excluding carboxylic acids is 2. The molecular formula is C44H72N2O5. The first-order chi connectivity index (χ1) is 23.8. The van der Waals surface area contributed by atoms with Gasteiger partial charge in [0.2, 0.25) is 5.91 Å². The van der Waals surface area contributed by atoms with Crippen LogP contribution in [0.4, 0.5) is 0 Å². The number of fused-ring (bicyclic) bond motifs is 7. The van der Waals surface area contributed by atoms with Crippen molar-refractivity contribution in [2.45, 2.75) is 152 Å². The Balaban J connectivity index is 1.22. The summed E-state index contributed by atoms with van der Waals surface area (Å²) in [5.41, 5.74) is 0.672. The minimum atomic E-state index is -1.14. The van der Waals surface area contributed by atoms with Crippen molar-refractivity contribution in [1.29, 1.82) is 0 Å². The summed E-state index contributed by atoms with van der Waals surface area (Å²) >= 11 is 0. The van der Waals surface area contributed by atoms with E-state index in [1.165, 1.54) is 50.5 Å². The van der Waals surface area contributed by atoms with E-state index in [0.29, 0.717) is 35.5 Å². The summed E-state index contributed by atoms with van der Waals surface area (Å²) in [6.45, 7) is 29.7. The largest absolute Gasteiger partial charge is 0.481 e. The Labute approximate surface area is 310 Å². The van der Waals surface area contributed by atoms with Crippen LogP contribution in [-0.4, -0.2) is 71.6 Å². The minimum absolute atomic E-state index is 0.0921. The van der Waals surface area contributed by atoms with Gasteiger partial charge in [0.15, 0.2) is 0 Å². The molecule has 1 amide bonds. The number of hydrogen-bond donors (Lipinski definition) is 1. The predicted octanol–water partition coefficient (Wildman–Crippen LogP) is 9.00. The number of ether oxygens (including phenoxy) is 1. The second-order valence-corrected chi connectivity index (χ2v) is 20.7. The SMILES string of the molecule is C=C(C)[C@@H]1CC[C@]2(CC(=O)N3CCN(CCC)CC3)CC[C@]3(C)[C@H](CC[C@@H]4[C@@]5(C)CC[C@H](OC(=O)CC(C)(C)C(=O)O)C(C)(C)[C@@H]5CC[C@]43C)[C@@H]12. The van der Waals surface area contributed by atoms with Crippen LogP contribution in [0.25, 0.3) is 0 Å². The molecule has 0 aromatic carbocycles. The normalized spacial score (nSPS) is 42.2. The van der Waals surface area contributed by atoms with Crippen LogP contribution in [0, 0.1) is 62.1 Å². The van der Waals surface area contributed by atoms with Crippen molar-refractivity contribution in [3.05, 3.63) is 12.2 Å². The lowest BCUT2D eigenvalue weighted by Crippen LogP contribution is -2.67. The molecule has 0 radical (unpaired) electrons. The molecule has 6 aliphatic rings. The molecule has 5 saturated carbocycles. The Kier molecular flexibility index (Phi) is 10.2. The van der Waals surface area contributed by atoms with Crippen LogP contribution in [0.5, 0.6) is 0 Å². The van der Waals surface area contributed by atoms with E-state index in [1.807, 2.05) is 0 Å². The molecule has 51 heavy (non-hydrogen) atoms. The van der Waals surface area contributed by atoms with Crippen molar-refractivity contribution in [2.24, 2.45) is 62.1 Å². The van der Waals surface area contributed by atoms with Crippen LogP contribution in [0.15, 0.2) is 12.2 Å². The molecule has 1 N–H and O–H groups in total. The third-order valence-corrected chi connectivity index (χ3v) is 17.4.